The Morgan fingerprint density at radius 1 is 1.47 bits per heavy atom. The van der Waals surface area contributed by atoms with E-state index in [9.17, 15) is 0 Å². The molecule has 0 bridgehead atoms. The molecule has 2 aliphatic rings. The molecule has 4 unspecified atom stereocenters. The first-order valence-corrected chi connectivity index (χ1v) is 8.57. The zero-order valence-electron chi connectivity index (χ0n) is 11.8. The van der Waals surface area contributed by atoms with Crippen molar-refractivity contribution in [3.8, 4) is 0 Å². The third-order valence-electron chi connectivity index (χ3n) is 4.66. The van der Waals surface area contributed by atoms with E-state index in [1.54, 1.807) is 11.3 Å². The van der Waals surface area contributed by atoms with E-state index in [-0.39, 0.29) is 0 Å². The van der Waals surface area contributed by atoms with Crippen molar-refractivity contribution < 1.29 is 0 Å². The van der Waals surface area contributed by atoms with Crippen LogP contribution in [0, 0.1) is 5.92 Å². The summed E-state index contributed by atoms with van der Waals surface area (Å²) in [6.45, 7) is 4.41. The van der Waals surface area contributed by atoms with Gasteiger partial charge in [0, 0.05) is 42.7 Å². The summed E-state index contributed by atoms with van der Waals surface area (Å²) >= 11 is 1.76. The second kappa shape index (κ2) is 6.33. The third kappa shape index (κ3) is 3.36. The van der Waals surface area contributed by atoms with E-state index in [1.807, 2.05) is 6.20 Å². The van der Waals surface area contributed by atoms with Crippen LogP contribution in [0.2, 0.25) is 0 Å². The third-order valence-corrected chi connectivity index (χ3v) is 5.67. The molecule has 0 aromatic carbocycles. The van der Waals surface area contributed by atoms with E-state index >= 15 is 0 Å². The molecular formula is C15H25N3S. The van der Waals surface area contributed by atoms with Crippen LogP contribution in [-0.2, 0) is 0 Å². The van der Waals surface area contributed by atoms with Gasteiger partial charge in [0.2, 0.25) is 0 Å². The van der Waals surface area contributed by atoms with E-state index in [0.717, 1.165) is 25.0 Å². The summed E-state index contributed by atoms with van der Waals surface area (Å²) in [7, 11) is 0. The fraction of sp³-hybridized carbons (Fsp3) is 0.800. The molecule has 1 aromatic heterocycles. The molecule has 1 saturated carbocycles. The number of rotatable bonds is 5. The average Bonchev–Trinajstić information content (AvgIpc) is 3.07. The molecule has 1 aliphatic heterocycles. The fourth-order valence-electron chi connectivity index (χ4n) is 3.63. The van der Waals surface area contributed by atoms with E-state index in [0.29, 0.717) is 12.0 Å². The second-order valence-corrected chi connectivity index (χ2v) is 7.11. The minimum atomic E-state index is 0.531. The Hall–Kier alpha value is -0.450. The number of hydrogen-bond donors (Lipinski definition) is 2. The van der Waals surface area contributed by atoms with Crippen molar-refractivity contribution in [1.29, 1.82) is 0 Å². The van der Waals surface area contributed by atoms with Crippen LogP contribution in [0.5, 0.6) is 0 Å². The van der Waals surface area contributed by atoms with Gasteiger partial charge in [0.05, 0.1) is 5.01 Å². The minimum Gasteiger partial charge on any atom is -0.314 e. The Morgan fingerprint density at radius 3 is 3.16 bits per heavy atom. The van der Waals surface area contributed by atoms with Gasteiger partial charge in [-0.1, -0.05) is 19.8 Å². The van der Waals surface area contributed by atoms with Gasteiger partial charge in [0.1, 0.15) is 0 Å². The van der Waals surface area contributed by atoms with Gasteiger partial charge < -0.3 is 10.6 Å². The molecule has 1 saturated heterocycles. The number of nitrogens with one attached hydrogen (secondary N) is 2. The lowest BCUT2D eigenvalue weighted by Crippen LogP contribution is -2.39. The number of aromatic nitrogens is 1. The van der Waals surface area contributed by atoms with Crippen molar-refractivity contribution in [2.45, 2.75) is 57.0 Å². The highest BCUT2D eigenvalue weighted by Crippen LogP contribution is 2.32. The highest BCUT2D eigenvalue weighted by molar-refractivity contribution is 7.09. The van der Waals surface area contributed by atoms with E-state index in [2.05, 4.69) is 27.9 Å². The molecule has 1 aromatic rings. The Kier molecular flexibility index (Phi) is 4.51. The first-order chi connectivity index (χ1) is 9.33. The molecule has 0 spiro atoms. The Morgan fingerprint density at radius 2 is 2.37 bits per heavy atom. The fourth-order valence-corrected chi connectivity index (χ4v) is 4.33. The van der Waals surface area contributed by atoms with Gasteiger partial charge in [-0.2, -0.15) is 0 Å². The maximum atomic E-state index is 4.39. The SMILES string of the molecule is CC(CNCC1CC2CCCCC2N1)c1nccs1. The lowest BCUT2D eigenvalue weighted by Gasteiger charge is -2.24. The van der Waals surface area contributed by atoms with Crippen molar-refractivity contribution >= 4 is 11.3 Å². The van der Waals surface area contributed by atoms with E-state index < -0.39 is 0 Å². The molecule has 0 radical (unpaired) electrons. The summed E-state index contributed by atoms with van der Waals surface area (Å²) < 4.78 is 0. The smallest absolute Gasteiger partial charge is 0.0965 e. The molecule has 3 rings (SSSR count). The van der Waals surface area contributed by atoms with Crippen LogP contribution >= 0.6 is 11.3 Å². The van der Waals surface area contributed by atoms with Crippen molar-refractivity contribution in [3.05, 3.63) is 16.6 Å². The zero-order valence-corrected chi connectivity index (χ0v) is 12.6. The molecule has 4 atom stereocenters. The molecule has 19 heavy (non-hydrogen) atoms. The molecule has 3 nitrogen and oxygen atoms in total. The van der Waals surface area contributed by atoms with Gasteiger partial charge in [0.15, 0.2) is 0 Å². The molecular weight excluding hydrogens is 254 g/mol. The molecule has 2 N–H and O–H groups in total. The summed E-state index contributed by atoms with van der Waals surface area (Å²) in [4.78, 5) is 4.39. The van der Waals surface area contributed by atoms with Gasteiger partial charge in [-0.3, -0.25) is 0 Å². The Balaban J connectivity index is 1.39. The lowest BCUT2D eigenvalue weighted by molar-refractivity contribution is 0.325. The lowest BCUT2D eigenvalue weighted by atomic mass is 9.85. The van der Waals surface area contributed by atoms with E-state index in [4.69, 9.17) is 0 Å². The highest BCUT2D eigenvalue weighted by atomic mass is 32.1. The predicted molar refractivity (Wildman–Crippen MR) is 80.7 cm³/mol. The maximum Gasteiger partial charge on any atom is 0.0965 e. The summed E-state index contributed by atoms with van der Waals surface area (Å²) in [6, 6.07) is 1.51. The van der Waals surface area contributed by atoms with Crippen LogP contribution in [-0.4, -0.2) is 30.2 Å². The van der Waals surface area contributed by atoms with Crippen molar-refractivity contribution in [1.82, 2.24) is 15.6 Å². The van der Waals surface area contributed by atoms with Crippen molar-refractivity contribution in [2.24, 2.45) is 5.92 Å². The monoisotopic (exact) mass is 279 g/mol. The van der Waals surface area contributed by atoms with Gasteiger partial charge >= 0.3 is 0 Å². The van der Waals surface area contributed by atoms with Crippen molar-refractivity contribution in [3.63, 3.8) is 0 Å². The van der Waals surface area contributed by atoms with Crippen LogP contribution in [0.25, 0.3) is 0 Å². The normalized spacial score (nSPS) is 32.2. The first-order valence-electron chi connectivity index (χ1n) is 7.69. The van der Waals surface area contributed by atoms with Gasteiger partial charge in [0.25, 0.3) is 0 Å². The number of nitrogens with zero attached hydrogens (tertiary/aromatic N) is 1. The molecule has 1 aliphatic carbocycles. The van der Waals surface area contributed by atoms with Crippen LogP contribution in [0.4, 0.5) is 0 Å². The quantitative estimate of drug-likeness (QED) is 0.870. The van der Waals surface area contributed by atoms with Gasteiger partial charge in [-0.15, -0.1) is 11.3 Å². The van der Waals surface area contributed by atoms with Crippen LogP contribution in [0.3, 0.4) is 0 Å². The molecule has 0 amide bonds. The molecule has 2 heterocycles. The van der Waals surface area contributed by atoms with Crippen LogP contribution < -0.4 is 10.6 Å². The van der Waals surface area contributed by atoms with Gasteiger partial charge in [-0.05, 0) is 25.2 Å². The summed E-state index contributed by atoms with van der Waals surface area (Å²) in [6.07, 6.45) is 9.00. The minimum absolute atomic E-state index is 0.531. The topological polar surface area (TPSA) is 37.0 Å². The van der Waals surface area contributed by atoms with E-state index in [1.165, 1.54) is 37.1 Å². The first kappa shape index (κ1) is 13.5. The average molecular weight is 279 g/mol. The number of fused-ring (bicyclic) bond motifs is 1. The highest BCUT2D eigenvalue weighted by Gasteiger charge is 2.34. The van der Waals surface area contributed by atoms with Crippen LogP contribution in [0.1, 0.15) is 50.0 Å². The van der Waals surface area contributed by atoms with Crippen molar-refractivity contribution in [2.75, 3.05) is 13.1 Å². The maximum absolute atomic E-state index is 4.39. The zero-order chi connectivity index (χ0) is 13.1. The standard InChI is InChI=1S/C15H25N3S/c1-11(15-17-6-7-19-15)9-16-10-13-8-12-4-2-3-5-14(12)18-13/h6-7,11-14,16,18H,2-5,8-10H2,1H3. The van der Waals surface area contributed by atoms with Crippen LogP contribution in [0.15, 0.2) is 11.6 Å². The summed E-state index contributed by atoms with van der Waals surface area (Å²) in [5.74, 6) is 1.49. The summed E-state index contributed by atoms with van der Waals surface area (Å²) in [5.41, 5.74) is 0. The number of hydrogen-bond acceptors (Lipinski definition) is 4. The molecule has 4 heteroatoms. The Bertz CT molecular complexity index is 365. The summed E-state index contributed by atoms with van der Waals surface area (Å²) in [5, 5.41) is 10.8. The largest absolute Gasteiger partial charge is 0.314 e. The predicted octanol–water partition coefficient (Wildman–Crippen LogP) is 2.76. The molecule has 106 valence electrons. The number of thiazole rings is 1. The van der Waals surface area contributed by atoms with Gasteiger partial charge in [-0.25, -0.2) is 4.98 Å². The second-order valence-electron chi connectivity index (χ2n) is 6.18. The molecule has 2 fully saturated rings. The Labute approximate surface area is 120 Å².